The van der Waals surface area contributed by atoms with Crippen molar-refractivity contribution in [3.63, 3.8) is 0 Å². The Labute approximate surface area is 186 Å². The minimum Gasteiger partial charge on any atom is -0.372 e. The van der Waals surface area contributed by atoms with Crippen LogP contribution in [0.5, 0.6) is 0 Å². The van der Waals surface area contributed by atoms with Crippen LogP contribution in [0.15, 0.2) is 23.3 Å². The second kappa shape index (κ2) is 11.2. The molecule has 0 bridgehead atoms. The van der Waals surface area contributed by atoms with Crippen LogP contribution in [0.1, 0.15) is 39.2 Å². The van der Waals surface area contributed by atoms with E-state index in [1.807, 2.05) is 6.20 Å². The number of guanidine groups is 1. The number of aromatic nitrogens is 1. The van der Waals surface area contributed by atoms with Gasteiger partial charge in [-0.15, -0.1) is 24.0 Å². The summed E-state index contributed by atoms with van der Waals surface area (Å²) in [6.07, 6.45) is 4.87. The zero-order chi connectivity index (χ0) is 19.2. The van der Waals surface area contributed by atoms with Crippen LogP contribution < -0.4 is 16.0 Å². The first-order chi connectivity index (χ1) is 13.0. The predicted molar refractivity (Wildman–Crippen MR) is 125 cm³/mol. The molecule has 1 aromatic heterocycles. The number of nitrogens with one attached hydrogen (secondary N) is 1. The van der Waals surface area contributed by atoms with E-state index in [2.05, 4.69) is 58.0 Å². The molecule has 2 saturated heterocycles. The lowest BCUT2D eigenvalue weighted by atomic mass is 10.2. The van der Waals surface area contributed by atoms with Gasteiger partial charge in [-0.25, -0.2) is 9.98 Å². The van der Waals surface area contributed by atoms with Gasteiger partial charge >= 0.3 is 0 Å². The number of aliphatic imine (C=N–C) groups is 1. The third-order valence-corrected chi connectivity index (χ3v) is 5.41. The number of morpholine rings is 1. The maximum Gasteiger partial charge on any atom is 0.188 e. The molecule has 3 unspecified atom stereocenters. The molecule has 0 aliphatic carbocycles. The highest BCUT2D eigenvalue weighted by Gasteiger charge is 2.23. The summed E-state index contributed by atoms with van der Waals surface area (Å²) in [6.45, 7) is 11.9. The molecule has 158 valence electrons. The molecule has 0 spiro atoms. The Morgan fingerprint density at radius 2 is 2.07 bits per heavy atom. The van der Waals surface area contributed by atoms with E-state index in [9.17, 15) is 0 Å². The first-order valence-electron chi connectivity index (χ1n) is 10.2. The number of halogens is 1. The van der Waals surface area contributed by atoms with Crippen molar-refractivity contribution in [2.45, 2.75) is 58.4 Å². The average Bonchev–Trinajstić information content (AvgIpc) is 3.12. The van der Waals surface area contributed by atoms with Gasteiger partial charge < -0.3 is 20.7 Å². The predicted octanol–water partition coefficient (Wildman–Crippen LogP) is 2.20. The topological polar surface area (TPSA) is 79.0 Å². The third-order valence-electron chi connectivity index (χ3n) is 5.41. The zero-order valence-electron chi connectivity index (χ0n) is 17.3. The molecule has 8 heteroatoms. The average molecular weight is 502 g/mol. The standard InChI is InChI=1S/C20H34N6O.HI/c1-4-25-9-5-6-18(25)12-24-20(21)23-11-17-7-8-19(22-10-17)26-13-15(2)27-16(3)14-26;/h7-8,10,15-16,18H,4-6,9,11-14H2,1-3H3,(H3,21,23,24);1H. The SMILES string of the molecule is CCN1CCCC1CNC(N)=NCc1ccc(N2CC(C)OC(C)C2)nc1.I. The van der Waals surface area contributed by atoms with Crippen LogP contribution in [0.25, 0.3) is 0 Å². The van der Waals surface area contributed by atoms with Gasteiger partial charge in [0.25, 0.3) is 0 Å². The van der Waals surface area contributed by atoms with E-state index in [0.29, 0.717) is 18.5 Å². The summed E-state index contributed by atoms with van der Waals surface area (Å²) < 4.78 is 5.79. The van der Waals surface area contributed by atoms with E-state index in [1.54, 1.807) is 0 Å². The van der Waals surface area contributed by atoms with E-state index in [0.717, 1.165) is 37.6 Å². The summed E-state index contributed by atoms with van der Waals surface area (Å²) in [5.74, 6) is 1.51. The molecule has 0 radical (unpaired) electrons. The molecule has 28 heavy (non-hydrogen) atoms. The van der Waals surface area contributed by atoms with E-state index in [-0.39, 0.29) is 36.2 Å². The summed E-state index contributed by atoms with van der Waals surface area (Å²) in [6, 6.07) is 4.72. The largest absolute Gasteiger partial charge is 0.372 e. The molecule has 2 aliphatic rings. The molecular weight excluding hydrogens is 467 g/mol. The van der Waals surface area contributed by atoms with Crippen LogP contribution in [-0.2, 0) is 11.3 Å². The van der Waals surface area contributed by atoms with Gasteiger partial charge in [0.1, 0.15) is 5.82 Å². The number of ether oxygens (including phenoxy) is 1. The Balaban J connectivity index is 0.00000280. The van der Waals surface area contributed by atoms with Crippen LogP contribution in [0, 0.1) is 0 Å². The molecule has 2 fully saturated rings. The molecule has 7 nitrogen and oxygen atoms in total. The zero-order valence-corrected chi connectivity index (χ0v) is 19.6. The number of hydrogen-bond donors (Lipinski definition) is 2. The molecule has 3 atom stereocenters. The van der Waals surface area contributed by atoms with Crippen molar-refractivity contribution >= 4 is 35.8 Å². The Hall–Kier alpha value is -1.13. The van der Waals surface area contributed by atoms with Crippen LogP contribution >= 0.6 is 24.0 Å². The number of anilines is 1. The van der Waals surface area contributed by atoms with Gasteiger partial charge in [0, 0.05) is 31.9 Å². The van der Waals surface area contributed by atoms with Crippen molar-refractivity contribution in [1.82, 2.24) is 15.2 Å². The highest BCUT2D eigenvalue weighted by atomic mass is 127. The number of pyridine rings is 1. The Kier molecular flexibility index (Phi) is 9.23. The molecule has 3 N–H and O–H groups in total. The second-order valence-electron chi connectivity index (χ2n) is 7.69. The molecular formula is C20H35IN6O. The van der Waals surface area contributed by atoms with E-state index < -0.39 is 0 Å². The summed E-state index contributed by atoms with van der Waals surface area (Å²) in [5, 5.41) is 3.28. The van der Waals surface area contributed by atoms with Gasteiger partial charge in [0.2, 0.25) is 0 Å². The molecule has 3 heterocycles. The Bertz CT molecular complexity index is 616. The molecule has 0 saturated carbocycles. The lowest BCUT2D eigenvalue weighted by Crippen LogP contribution is -2.45. The maximum atomic E-state index is 6.04. The van der Waals surface area contributed by atoms with Crippen molar-refractivity contribution < 1.29 is 4.74 Å². The van der Waals surface area contributed by atoms with E-state index in [1.165, 1.54) is 19.4 Å². The minimum absolute atomic E-state index is 0. The molecule has 2 aliphatic heterocycles. The van der Waals surface area contributed by atoms with Crippen LogP contribution in [0.2, 0.25) is 0 Å². The van der Waals surface area contributed by atoms with Gasteiger partial charge in [-0.1, -0.05) is 13.0 Å². The molecule has 1 aromatic rings. The van der Waals surface area contributed by atoms with Crippen molar-refractivity contribution in [3.8, 4) is 0 Å². The fourth-order valence-electron chi connectivity index (χ4n) is 4.06. The maximum absolute atomic E-state index is 6.04. The quantitative estimate of drug-likeness (QED) is 0.353. The van der Waals surface area contributed by atoms with Crippen molar-refractivity contribution in [3.05, 3.63) is 23.9 Å². The number of nitrogens with zero attached hydrogens (tertiary/aromatic N) is 4. The summed E-state index contributed by atoms with van der Waals surface area (Å²) in [4.78, 5) is 13.9. The van der Waals surface area contributed by atoms with Crippen molar-refractivity contribution in [2.75, 3.05) is 37.6 Å². The van der Waals surface area contributed by atoms with Gasteiger partial charge in [-0.3, -0.25) is 4.90 Å². The normalized spacial score (nSPS) is 26.2. The first-order valence-corrected chi connectivity index (χ1v) is 10.2. The van der Waals surface area contributed by atoms with Crippen LogP contribution in [0.4, 0.5) is 5.82 Å². The first kappa shape index (κ1) is 23.2. The second-order valence-corrected chi connectivity index (χ2v) is 7.69. The smallest absolute Gasteiger partial charge is 0.188 e. The highest BCUT2D eigenvalue weighted by molar-refractivity contribution is 14.0. The summed E-state index contributed by atoms with van der Waals surface area (Å²) in [7, 11) is 0. The summed E-state index contributed by atoms with van der Waals surface area (Å²) in [5.41, 5.74) is 7.11. The minimum atomic E-state index is 0. The fourth-order valence-corrected chi connectivity index (χ4v) is 4.06. The van der Waals surface area contributed by atoms with Gasteiger partial charge in [-0.05, 0) is 51.4 Å². The summed E-state index contributed by atoms with van der Waals surface area (Å²) >= 11 is 0. The highest BCUT2D eigenvalue weighted by Crippen LogP contribution is 2.18. The number of nitrogens with two attached hydrogens (primary N) is 1. The lowest BCUT2D eigenvalue weighted by Gasteiger charge is -2.36. The Morgan fingerprint density at radius 3 is 2.71 bits per heavy atom. The number of rotatable bonds is 6. The molecule has 0 amide bonds. The van der Waals surface area contributed by atoms with Crippen molar-refractivity contribution in [2.24, 2.45) is 10.7 Å². The molecule has 0 aromatic carbocycles. The van der Waals surface area contributed by atoms with E-state index in [4.69, 9.17) is 10.5 Å². The van der Waals surface area contributed by atoms with Gasteiger partial charge in [0.05, 0.1) is 18.8 Å². The van der Waals surface area contributed by atoms with Crippen LogP contribution in [0.3, 0.4) is 0 Å². The third kappa shape index (κ3) is 6.45. The molecule has 3 rings (SSSR count). The van der Waals surface area contributed by atoms with Crippen LogP contribution in [-0.4, -0.2) is 66.8 Å². The van der Waals surface area contributed by atoms with Crippen molar-refractivity contribution in [1.29, 1.82) is 0 Å². The number of hydrogen-bond acceptors (Lipinski definition) is 5. The monoisotopic (exact) mass is 502 g/mol. The van der Waals surface area contributed by atoms with E-state index >= 15 is 0 Å². The number of likely N-dealkylation sites (N-methyl/N-ethyl adjacent to an activating group) is 1. The lowest BCUT2D eigenvalue weighted by molar-refractivity contribution is -0.00545. The fraction of sp³-hybridized carbons (Fsp3) is 0.700. The Morgan fingerprint density at radius 1 is 1.32 bits per heavy atom. The van der Waals surface area contributed by atoms with Gasteiger partial charge in [-0.2, -0.15) is 0 Å². The number of likely N-dealkylation sites (tertiary alicyclic amines) is 1. The van der Waals surface area contributed by atoms with Gasteiger partial charge in [0.15, 0.2) is 5.96 Å².